The van der Waals surface area contributed by atoms with Crippen LogP contribution in [0.25, 0.3) is 5.69 Å². The van der Waals surface area contributed by atoms with Crippen molar-refractivity contribution in [1.82, 2.24) is 20.2 Å². The summed E-state index contributed by atoms with van der Waals surface area (Å²) in [6.07, 6.45) is 3.51. The Kier molecular flexibility index (Phi) is 5.13. The predicted octanol–water partition coefficient (Wildman–Crippen LogP) is 1.64. The second-order valence-electron chi connectivity index (χ2n) is 6.64. The number of nitrogens with one attached hydrogen (secondary N) is 2. The summed E-state index contributed by atoms with van der Waals surface area (Å²) in [5, 5.41) is 5.40. The molecule has 3 amide bonds. The average Bonchev–Trinajstić information content (AvgIpc) is 3.37. The molecule has 0 saturated carbocycles. The molecule has 0 bridgehead atoms. The standard InChI is InChI=1S/C20H19N5O3S/c1-13-2-7-17(29-13)20(28)22-8-14-10-24(12-23-14)15-3-5-16(6-4-15)25-11-18(26)21-9-19(25)27/h2-7,10,12H,8-9,11H2,1H3,(H,21,26)(H,22,28). The topological polar surface area (TPSA) is 96.3 Å². The van der Waals surface area contributed by atoms with Gasteiger partial charge in [0, 0.05) is 22.4 Å². The number of thiophene rings is 1. The SMILES string of the molecule is Cc1ccc(C(=O)NCc2cn(-c3ccc(N4CC(=O)NCC4=O)cc3)cn2)s1. The molecular formula is C20H19N5O3S. The van der Waals surface area contributed by atoms with Crippen LogP contribution < -0.4 is 15.5 Å². The Hall–Kier alpha value is -3.46. The summed E-state index contributed by atoms with van der Waals surface area (Å²) in [5.74, 6) is -0.427. The lowest BCUT2D eigenvalue weighted by molar-refractivity contribution is -0.128. The number of imidazole rings is 1. The molecule has 0 radical (unpaired) electrons. The van der Waals surface area contributed by atoms with Crippen molar-refractivity contribution in [3.05, 3.63) is 64.4 Å². The minimum Gasteiger partial charge on any atom is -0.346 e. The fourth-order valence-electron chi connectivity index (χ4n) is 3.01. The van der Waals surface area contributed by atoms with E-state index in [9.17, 15) is 14.4 Å². The van der Waals surface area contributed by atoms with Crippen molar-refractivity contribution >= 4 is 34.7 Å². The Morgan fingerprint density at radius 2 is 1.93 bits per heavy atom. The van der Waals surface area contributed by atoms with Gasteiger partial charge in [0.15, 0.2) is 0 Å². The predicted molar refractivity (Wildman–Crippen MR) is 109 cm³/mol. The van der Waals surface area contributed by atoms with E-state index in [2.05, 4.69) is 15.6 Å². The zero-order chi connectivity index (χ0) is 20.4. The third-order valence-corrected chi connectivity index (χ3v) is 5.53. The third-order valence-electron chi connectivity index (χ3n) is 4.53. The molecule has 1 saturated heterocycles. The molecule has 3 heterocycles. The first kappa shape index (κ1) is 18.9. The fourth-order valence-corrected chi connectivity index (χ4v) is 3.79. The highest BCUT2D eigenvalue weighted by atomic mass is 32.1. The number of anilines is 1. The van der Waals surface area contributed by atoms with Crippen molar-refractivity contribution in [2.24, 2.45) is 0 Å². The Bertz CT molecular complexity index is 1070. The van der Waals surface area contributed by atoms with E-state index in [1.807, 2.05) is 42.0 Å². The number of carbonyl (C=O) groups is 3. The van der Waals surface area contributed by atoms with Crippen LogP contribution in [0.1, 0.15) is 20.2 Å². The minimum atomic E-state index is -0.173. The molecule has 1 aliphatic rings. The number of rotatable bonds is 5. The van der Waals surface area contributed by atoms with E-state index >= 15 is 0 Å². The van der Waals surface area contributed by atoms with Gasteiger partial charge >= 0.3 is 0 Å². The van der Waals surface area contributed by atoms with Crippen molar-refractivity contribution in [2.75, 3.05) is 18.0 Å². The number of aryl methyl sites for hydroxylation is 1. The van der Waals surface area contributed by atoms with E-state index in [0.717, 1.165) is 16.3 Å². The Balaban J connectivity index is 1.40. The van der Waals surface area contributed by atoms with Crippen molar-refractivity contribution in [2.45, 2.75) is 13.5 Å². The smallest absolute Gasteiger partial charge is 0.261 e. The van der Waals surface area contributed by atoms with Gasteiger partial charge in [0.05, 0.1) is 30.0 Å². The first-order chi connectivity index (χ1) is 14.0. The largest absolute Gasteiger partial charge is 0.346 e. The van der Waals surface area contributed by atoms with E-state index in [0.29, 0.717) is 17.1 Å². The summed E-state index contributed by atoms with van der Waals surface area (Å²) in [7, 11) is 0. The van der Waals surface area contributed by atoms with Crippen LogP contribution in [0.5, 0.6) is 0 Å². The van der Waals surface area contributed by atoms with Gasteiger partial charge in [0.1, 0.15) is 6.54 Å². The van der Waals surface area contributed by atoms with Gasteiger partial charge in [-0.25, -0.2) is 4.98 Å². The van der Waals surface area contributed by atoms with Crippen LogP contribution in [0.4, 0.5) is 5.69 Å². The molecule has 148 valence electrons. The monoisotopic (exact) mass is 409 g/mol. The third kappa shape index (κ3) is 4.19. The molecule has 2 N–H and O–H groups in total. The lowest BCUT2D eigenvalue weighted by Crippen LogP contribution is -2.51. The number of aromatic nitrogens is 2. The Labute approximate surface area is 171 Å². The van der Waals surface area contributed by atoms with Gasteiger partial charge in [-0.3, -0.25) is 14.4 Å². The van der Waals surface area contributed by atoms with Gasteiger partial charge in [0.25, 0.3) is 5.91 Å². The average molecular weight is 409 g/mol. The van der Waals surface area contributed by atoms with Gasteiger partial charge in [0.2, 0.25) is 11.8 Å². The molecule has 1 aromatic carbocycles. The number of hydrogen-bond donors (Lipinski definition) is 2. The second-order valence-corrected chi connectivity index (χ2v) is 7.93. The summed E-state index contributed by atoms with van der Waals surface area (Å²) in [4.78, 5) is 43.2. The van der Waals surface area contributed by atoms with Crippen molar-refractivity contribution in [1.29, 1.82) is 0 Å². The molecule has 29 heavy (non-hydrogen) atoms. The normalized spacial score (nSPS) is 14.0. The van der Waals surface area contributed by atoms with Crippen LogP contribution in [0, 0.1) is 6.92 Å². The Morgan fingerprint density at radius 1 is 1.17 bits per heavy atom. The summed E-state index contributed by atoms with van der Waals surface area (Å²) in [5.41, 5.74) is 2.27. The van der Waals surface area contributed by atoms with Gasteiger partial charge in [-0.05, 0) is 43.3 Å². The van der Waals surface area contributed by atoms with Crippen LogP contribution in [-0.2, 0) is 16.1 Å². The van der Waals surface area contributed by atoms with E-state index in [4.69, 9.17) is 0 Å². The lowest BCUT2D eigenvalue weighted by atomic mass is 10.2. The number of nitrogens with zero attached hydrogens (tertiary/aromatic N) is 3. The van der Waals surface area contributed by atoms with E-state index in [1.54, 1.807) is 18.5 Å². The zero-order valence-electron chi connectivity index (χ0n) is 15.7. The van der Waals surface area contributed by atoms with Crippen molar-refractivity contribution in [3.63, 3.8) is 0 Å². The van der Waals surface area contributed by atoms with Crippen LogP contribution in [0.15, 0.2) is 48.9 Å². The van der Waals surface area contributed by atoms with Gasteiger partial charge in [-0.2, -0.15) is 0 Å². The van der Waals surface area contributed by atoms with Crippen LogP contribution in [0.2, 0.25) is 0 Å². The summed E-state index contributed by atoms with van der Waals surface area (Å²) >= 11 is 1.46. The maximum atomic E-state index is 12.1. The number of benzene rings is 1. The van der Waals surface area contributed by atoms with E-state index in [1.165, 1.54) is 16.2 Å². The van der Waals surface area contributed by atoms with Gasteiger partial charge < -0.3 is 20.1 Å². The quantitative estimate of drug-likeness (QED) is 0.670. The van der Waals surface area contributed by atoms with Crippen LogP contribution in [-0.4, -0.2) is 40.4 Å². The Morgan fingerprint density at radius 3 is 2.66 bits per heavy atom. The van der Waals surface area contributed by atoms with Gasteiger partial charge in [-0.1, -0.05) is 0 Å². The highest BCUT2D eigenvalue weighted by Gasteiger charge is 2.24. The summed E-state index contributed by atoms with van der Waals surface area (Å²) in [6, 6.07) is 11.0. The molecule has 3 aromatic rings. The molecule has 1 fully saturated rings. The lowest BCUT2D eigenvalue weighted by Gasteiger charge is -2.26. The van der Waals surface area contributed by atoms with Gasteiger partial charge in [-0.15, -0.1) is 11.3 Å². The summed E-state index contributed by atoms with van der Waals surface area (Å²) < 4.78 is 1.84. The van der Waals surface area contributed by atoms with E-state index < -0.39 is 0 Å². The molecular weight excluding hydrogens is 390 g/mol. The molecule has 2 aromatic heterocycles. The summed E-state index contributed by atoms with van der Waals surface area (Å²) in [6.45, 7) is 2.33. The van der Waals surface area contributed by atoms with Crippen LogP contribution in [0.3, 0.4) is 0 Å². The first-order valence-electron chi connectivity index (χ1n) is 9.04. The highest BCUT2D eigenvalue weighted by Crippen LogP contribution is 2.19. The number of hydrogen-bond acceptors (Lipinski definition) is 5. The first-order valence-corrected chi connectivity index (χ1v) is 9.86. The molecule has 1 aliphatic heterocycles. The van der Waals surface area contributed by atoms with E-state index in [-0.39, 0.29) is 30.8 Å². The second kappa shape index (κ2) is 7.88. The molecule has 9 heteroatoms. The molecule has 0 unspecified atom stereocenters. The molecule has 8 nitrogen and oxygen atoms in total. The molecule has 4 rings (SSSR count). The van der Waals surface area contributed by atoms with Crippen molar-refractivity contribution in [3.8, 4) is 5.69 Å². The molecule has 0 aliphatic carbocycles. The fraction of sp³-hybridized carbons (Fsp3) is 0.200. The number of carbonyl (C=O) groups excluding carboxylic acids is 3. The number of piperazine rings is 1. The molecule has 0 atom stereocenters. The minimum absolute atomic E-state index is 0.0161. The maximum absolute atomic E-state index is 12.1. The number of amides is 3. The van der Waals surface area contributed by atoms with Crippen molar-refractivity contribution < 1.29 is 14.4 Å². The zero-order valence-corrected chi connectivity index (χ0v) is 16.5. The maximum Gasteiger partial charge on any atom is 0.261 e. The molecule has 0 spiro atoms. The van der Waals surface area contributed by atoms with Crippen LogP contribution >= 0.6 is 11.3 Å². The highest BCUT2D eigenvalue weighted by molar-refractivity contribution is 7.13.